The lowest BCUT2D eigenvalue weighted by molar-refractivity contribution is -0.119. The molecule has 2 aromatic heterocycles. The predicted octanol–water partition coefficient (Wildman–Crippen LogP) is 2.92. The number of aromatic amines is 1. The summed E-state index contributed by atoms with van der Waals surface area (Å²) in [5.41, 5.74) is 0.230. The van der Waals surface area contributed by atoms with Gasteiger partial charge < -0.3 is 15.6 Å². The summed E-state index contributed by atoms with van der Waals surface area (Å²) in [4.78, 5) is 21.9. The Hall–Kier alpha value is -3.18. The highest BCUT2D eigenvalue weighted by Gasteiger charge is 2.61. The molecule has 0 radical (unpaired) electrons. The number of hydrogen-bond acceptors (Lipinski definition) is 5. The summed E-state index contributed by atoms with van der Waals surface area (Å²) in [7, 11) is 1.61. The summed E-state index contributed by atoms with van der Waals surface area (Å²) in [6.45, 7) is 3.50. The molecule has 0 aromatic carbocycles. The number of carbonyl (C=O) groups excluding carboxylic acids is 1. The second kappa shape index (κ2) is 6.85. The van der Waals surface area contributed by atoms with Crippen molar-refractivity contribution in [1.29, 1.82) is 0 Å². The van der Waals surface area contributed by atoms with Gasteiger partial charge in [-0.15, -0.1) is 0 Å². The molecular formula is C15H15F4N7O. The molecule has 8 nitrogen and oxygen atoms in total. The van der Waals surface area contributed by atoms with E-state index in [1.54, 1.807) is 7.05 Å². The molecule has 2 aromatic rings. The van der Waals surface area contributed by atoms with Crippen LogP contribution in [0.15, 0.2) is 23.9 Å². The maximum absolute atomic E-state index is 13.0. The van der Waals surface area contributed by atoms with Crippen molar-refractivity contribution in [2.75, 3.05) is 17.7 Å². The molecule has 1 saturated carbocycles. The van der Waals surface area contributed by atoms with Gasteiger partial charge in [0.25, 0.3) is 12.3 Å². The van der Waals surface area contributed by atoms with Gasteiger partial charge in [0, 0.05) is 25.7 Å². The minimum Gasteiger partial charge on any atom is -0.343 e. The van der Waals surface area contributed by atoms with Gasteiger partial charge in [0.05, 0.1) is 5.69 Å². The predicted molar refractivity (Wildman–Crippen MR) is 90.6 cm³/mol. The summed E-state index contributed by atoms with van der Waals surface area (Å²) in [5, 5.41) is 10.3. The maximum Gasteiger partial charge on any atom is 0.295 e. The van der Waals surface area contributed by atoms with E-state index in [4.69, 9.17) is 0 Å². The van der Waals surface area contributed by atoms with Gasteiger partial charge in [-0.1, -0.05) is 6.58 Å². The van der Waals surface area contributed by atoms with E-state index in [9.17, 15) is 22.4 Å². The van der Waals surface area contributed by atoms with E-state index in [0.29, 0.717) is 0 Å². The fraction of sp³-hybridized carbons (Fsp3) is 0.333. The van der Waals surface area contributed by atoms with Gasteiger partial charge >= 0.3 is 0 Å². The number of carbonyl (C=O) groups is 1. The number of alkyl halides is 4. The maximum atomic E-state index is 13.0. The summed E-state index contributed by atoms with van der Waals surface area (Å²) < 4.78 is 51.9. The van der Waals surface area contributed by atoms with Crippen LogP contribution in [-0.2, 0) is 4.79 Å². The van der Waals surface area contributed by atoms with E-state index < -0.39 is 36.4 Å². The number of hydrogen-bond donors (Lipinski definition) is 3. The van der Waals surface area contributed by atoms with Gasteiger partial charge in [-0.3, -0.25) is 9.80 Å². The van der Waals surface area contributed by atoms with Crippen molar-refractivity contribution in [3.05, 3.63) is 24.7 Å². The first-order chi connectivity index (χ1) is 12.7. The highest BCUT2D eigenvalue weighted by Crippen LogP contribution is 2.49. The molecule has 0 saturated heterocycles. The van der Waals surface area contributed by atoms with Crippen LogP contribution in [0.3, 0.4) is 0 Å². The molecule has 1 fully saturated rings. The van der Waals surface area contributed by atoms with E-state index in [2.05, 4.69) is 37.3 Å². The van der Waals surface area contributed by atoms with Crippen LogP contribution in [0.4, 0.5) is 29.1 Å². The Morgan fingerprint density at radius 1 is 1.52 bits per heavy atom. The number of anilines is 2. The zero-order chi connectivity index (χ0) is 19.8. The fourth-order valence-corrected chi connectivity index (χ4v) is 2.23. The minimum absolute atomic E-state index is 0.0429. The number of H-pyrrole nitrogens is 1. The average Bonchev–Trinajstić information content (AvgIpc) is 3.03. The number of imidazole rings is 1. The number of fused-ring (bicyclic) bond motifs is 1. The van der Waals surface area contributed by atoms with Crippen LogP contribution >= 0.6 is 0 Å². The first-order valence-corrected chi connectivity index (χ1v) is 7.73. The Labute approximate surface area is 150 Å². The summed E-state index contributed by atoms with van der Waals surface area (Å²) in [6, 6.07) is 1.29. The number of aromatic nitrogens is 3. The van der Waals surface area contributed by atoms with E-state index >= 15 is 0 Å². The molecule has 3 rings (SSSR count). The molecule has 1 aliphatic carbocycles. The molecule has 0 spiro atoms. The Morgan fingerprint density at radius 2 is 2.22 bits per heavy atom. The van der Waals surface area contributed by atoms with E-state index in [-0.39, 0.29) is 22.7 Å². The van der Waals surface area contributed by atoms with Crippen LogP contribution in [0.5, 0.6) is 0 Å². The molecular weight excluding hydrogens is 370 g/mol. The fourth-order valence-electron chi connectivity index (χ4n) is 2.23. The molecule has 1 aliphatic rings. The van der Waals surface area contributed by atoms with E-state index in [1.807, 2.05) is 0 Å². The molecule has 27 heavy (non-hydrogen) atoms. The van der Waals surface area contributed by atoms with Gasteiger partial charge in [0.15, 0.2) is 11.5 Å². The molecule has 1 amide bonds. The molecule has 1 unspecified atom stereocenters. The second-order valence-corrected chi connectivity index (χ2v) is 5.83. The first kappa shape index (κ1) is 18.6. The number of rotatable bonds is 7. The Morgan fingerprint density at radius 3 is 2.81 bits per heavy atom. The van der Waals surface area contributed by atoms with Crippen molar-refractivity contribution < 1.29 is 22.4 Å². The number of amides is 1. The Kier molecular flexibility index (Phi) is 4.72. The monoisotopic (exact) mass is 385 g/mol. The first-order valence-electron chi connectivity index (χ1n) is 7.73. The van der Waals surface area contributed by atoms with Crippen LogP contribution < -0.4 is 10.6 Å². The SMILES string of the molecule is C=CN(C)/N=C\Nc1cc(NC(=O)C2CC2(F)F)nc2[nH]c(C(F)F)nc12. The Bertz CT molecular complexity index is 911. The van der Waals surface area contributed by atoms with Gasteiger partial charge in [0.2, 0.25) is 5.91 Å². The largest absolute Gasteiger partial charge is 0.343 e. The number of nitrogens with one attached hydrogen (secondary N) is 3. The molecule has 144 valence electrons. The Balaban J connectivity index is 1.91. The third-order valence-electron chi connectivity index (χ3n) is 3.80. The lowest BCUT2D eigenvalue weighted by Gasteiger charge is -2.08. The van der Waals surface area contributed by atoms with E-state index in [0.717, 1.165) is 0 Å². The molecule has 0 aliphatic heterocycles. The lowest BCUT2D eigenvalue weighted by Crippen LogP contribution is -2.18. The van der Waals surface area contributed by atoms with Crippen molar-refractivity contribution in [3.63, 3.8) is 0 Å². The minimum atomic E-state index is -3.03. The highest BCUT2D eigenvalue weighted by atomic mass is 19.3. The summed E-state index contributed by atoms with van der Waals surface area (Å²) in [5.74, 6) is -6.06. The standard InChI is InChI=1S/C15H15F4N7O/c1-3-26(2)21-6-20-8-4-9(23-14(27)7-5-15(7,18)19)22-12-10(8)24-13(25-12)11(16)17/h3-4,6-7,11H,1,5H2,2H3,(H3,20,21,22,23,24,25,27). The summed E-state index contributed by atoms with van der Waals surface area (Å²) in [6.07, 6.45) is -0.735. The number of hydrazone groups is 1. The van der Waals surface area contributed by atoms with Gasteiger partial charge in [-0.2, -0.15) is 5.10 Å². The average molecular weight is 385 g/mol. The van der Waals surface area contributed by atoms with Crippen molar-refractivity contribution in [2.45, 2.75) is 18.8 Å². The highest BCUT2D eigenvalue weighted by molar-refractivity contribution is 5.98. The molecule has 3 N–H and O–H groups in total. The van der Waals surface area contributed by atoms with Crippen LogP contribution in [0.1, 0.15) is 18.7 Å². The zero-order valence-corrected chi connectivity index (χ0v) is 14.0. The third kappa shape index (κ3) is 3.99. The van der Waals surface area contributed by atoms with Crippen LogP contribution in [-0.4, -0.2) is 45.2 Å². The van der Waals surface area contributed by atoms with Gasteiger partial charge in [-0.25, -0.2) is 27.5 Å². The van der Waals surface area contributed by atoms with Crippen molar-refractivity contribution in [2.24, 2.45) is 11.0 Å². The number of nitrogens with zero attached hydrogens (tertiary/aromatic N) is 4. The van der Waals surface area contributed by atoms with Gasteiger partial charge in [0.1, 0.15) is 23.6 Å². The quantitative estimate of drug-likeness (QED) is 0.295. The van der Waals surface area contributed by atoms with Gasteiger partial charge in [-0.05, 0) is 0 Å². The van der Waals surface area contributed by atoms with Crippen molar-refractivity contribution in [3.8, 4) is 0 Å². The molecule has 1 atom stereocenters. The number of halogens is 4. The molecule has 12 heteroatoms. The number of pyridine rings is 1. The van der Waals surface area contributed by atoms with Crippen molar-refractivity contribution >= 4 is 34.9 Å². The van der Waals surface area contributed by atoms with Crippen LogP contribution in [0.25, 0.3) is 11.2 Å². The van der Waals surface area contributed by atoms with Crippen LogP contribution in [0, 0.1) is 5.92 Å². The normalized spacial score (nSPS) is 18.1. The smallest absolute Gasteiger partial charge is 0.295 e. The molecule has 2 heterocycles. The van der Waals surface area contributed by atoms with Crippen LogP contribution in [0.2, 0.25) is 0 Å². The molecule has 0 bridgehead atoms. The second-order valence-electron chi connectivity index (χ2n) is 5.83. The summed E-state index contributed by atoms with van der Waals surface area (Å²) >= 11 is 0. The van der Waals surface area contributed by atoms with E-state index in [1.165, 1.54) is 23.6 Å². The zero-order valence-electron chi connectivity index (χ0n) is 14.0. The van der Waals surface area contributed by atoms with Crippen molar-refractivity contribution in [1.82, 2.24) is 20.0 Å². The topological polar surface area (TPSA) is 98.3 Å². The lowest BCUT2D eigenvalue weighted by atomic mass is 10.3. The third-order valence-corrected chi connectivity index (χ3v) is 3.80.